The molecular formula is C17H20N2O4. The Hall–Kier alpha value is -2.76. The fraction of sp³-hybridized carbons (Fsp3) is 0.294. The molecule has 1 atom stereocenters. The van der Waals surface area contributed by atoms with Gasteiger partial charge in [0.25, 0.3) is 0 Å². The molecule has 0 aliphatic heterocycles. The van der Waals surface area contributed by atoms with Crippen molar-refractivity contribution in [2.75, 3.05) is 6.61 Å². The van der Waals surface area contributed by atoms with Crippen molar-refractivity contribution < 1.29 is 18.7 Å². The van der Waals surface area contributed by atoms with Crippen LogP contribution in [0.15, 0.2) is 53.1 Å². The van der Waals surface area contributed by atoms with Gasteiger partial charge in [0, 0.05) is 6.42 Å². The van der Waals surface area contributed by atoms with E-state index >= 15 is 0 Å². The van der Waals surface area contributed by atoms with Crippen LogP contribution in [0, 0.1) is 0 Å². The third-order valence-electron chi connectivity index (χ3n) is 3.18. The molecular weight excluding hydrogens is 296 g/mol. The van der Waals surface area contributed by atoms with Crippen LogP contribution < -0.4 is 10.6 Å². The monoisotopic (exact) mass is 316 g/mol. The number of amides is 2. The van der Waals surface area contributed by atoms with E-state index in [0.29, 0.717) is 12.2 Å². The SMILES string of the molecule is CCOC(=O)N[C@@H](Cc1ccccc1)C(=O)NCc1ccco1. The van der Waals surface area contributed by atoms with Gasteiger partial charge in [-0.3, -0.25) is 4.79 Å². The van der Waals surface area contributed by atoms with Gasteiger partial charge in [0.15, 0.2) is 0 Å². The van der Waals surface area contributed by atoms with Crippen molar-refractivity contribution in [2.24, 2.45) is 0 Å². The quantitative estimate of drug-likeness (QED) is 0.821. The lowest BCUT2D eigenvalue weighted by Crippen LogP contribution is -2.48. The molecule has 0 fully saturated rings. The number of ether oxygens (including phenoxy) is 1. The first-order chi connectivity index (χ1) is 11.2. The number of carbonyl (C=O) groups excluding carboxylic acids is 2. The van der Waals surface area contributed by atoms with E-state index in [-0.39, 0.29) is 19.1 Å². The number of hydrogen-bond acceptors (Lipinski definition) is 4. The molecule has 0 bridgehead atoms. The second kappa shape index (κ2) is 8.63. The summed E-state index contributed by atoms with van der Waals surface area (Å²) < 4.78 is 10.0. The normalized spacial score (nSPS) is 11.5. The van der Waals surface area contributed by atoms with Crippen LogP contribution in [0.2, 0.25) is 0 Å². The highest BCUT2D eigenvalue weighted by Crippen LogP contribution is 2.05. The first-order valence-electron chi connectivity index (χ1n) is 7.46. The largest absolute Gasteiger partial charge is 0.467 e. The summed E-state index contributed by atoms with van der Waals surface area (Å²) in [6.45, 7) is 2.22. The van der Waals surface area contributed by atoms with Crippen LogP contribution in [0.3, 0.4) is 0 Å². The molecule has 2 N–H and O–H groups in total. The second-order valence-corrected chi connectivity index (χ2v) is 4.90. The van der Waals surface area contributed by atoms with Crippen LogP contribution >= 0.6 is 0 Å². The molecule has 1 aromatic heterocycles. The van der Waals surface area contributed by atoms with Crippen molar-refractivity contribution in [1.29, 1.82) is 0 Å². The van der Waals surface area contributed by atoms with E-state index in [4.69, 9.17) is 9.15 Å². The van der Waals surface area contributed by atoms with E-state index in [2.05, 4.69) is 10.6 Å². The lowest BCUT2D eigenvalue weighted by molar-refractivity contribution is -0.123. The highest BCUT2D eigenvalue weighted by atomic mass is 16.5. The Kier molecular flexibility index (Phi) is 6.23. The minimum Gasteiger partial charge on any atom is -0.467 e. The Morgan fingerprint density at radius 3 is 2.61 bits per heavy atom. The smallest absolute Gasteiger partial charge is 0.407 e. The zero-order chi connectivity index (χ0) is 16.5. The van der Waals surface area contributed by atoms with Crippen molar-refractivity contribution >= 4 is 12.0 Å². The molecule has 0 radical (unpaired) electrons. The van der Waals surface area contributed by atoms with Gasteiger partial charge in [0.1, 0.15) is 11.8 Å². The molecule has 0 aliphatic carbocycles. The summed E-state index contributed by atoms with van der Waals surface area (Å²) in [6, 6.07) is 12.3. The maximum atomic E-state index is 12.4. The van der Waals surface area contributed by atoms with Crippen LogP contribution in [0.4, 0.5) is 4.79 Å². The molecule has 6 heteroatoms. The van der Waals surface area contributed by atoms with Crippen LogP contribution in [0.1, 0.15) is 18.2 Å². The van der Waals surface area contributed by atoms with Crippen LogP contribution in [-0.2, 0) is 22.5 Å². The van der Waals surface area contributed by atoms with Gasteiger partial charge in [-0.2, -0.15) is 0 Å². The number of carbonyl (C=O) groups is 2. The first-order valence-corrected chi connectivity index (χ1v) is 7.46. The van der Waals surface area contributed by atoms with Crippen LogP contribution in [0.25, 0.3) is 0 Å². The molecule has 6 nitrogen and oxygen atoms in total. The van der Waals surface area contributed by atoms with Crippen LogP contribution in [-0.4, -0.2) is 24.6 Å². The number of nitrogens with one attached hydrogen (secondary N) is 2. The van der Waals surface area contributed by atoms with Crippen molar-refractivity contribution in [3.05, 3.63) is 60.1 Å². The maximum Gasteiger partial charge on any atom is 0.407 e. The number of alkyl carbamates (subject to hydrolysis) is 1. The Labute approximate surface area is 134 Å². The Morgan fingerprint density at radius 1 is 1.17 bits per heavy atom. The third kappa shape index (κ3) is 5.50. The molecule has 1 aromatic carbocycles. The number of hydrogen-bond donors (Lipinski definition) is 2. The molecule has 0 aliphatic rings. The third-order valence-corrected chi connectivity index (χ3v) is 3.18. The van der Waals surface area contributed by atoms with E-state index in [0.717, 1.165) is 5.56 Å². The topological polar surface area (TPSA) is 80.6 Å². The summed E-state index contributed by atoms with van der Waals surface area (Å²) in [5.41, 5.74) is 0.947. The summed E-state index contributed by atoms with van der Waals surface area (Å²) in [7, 11) is 0. The summed E-state index contributed by atoms with van der Waals surface area (Å²) in [6.07, 6.45) is 1.31. The van der Waals surface area contributed by atoms with E-state index < -0.39 is 12.1 Å². The van der Waals surface area contributed by atoms with Gasteiger partial charge >= 0.3 is 6.09 Å². The van der Waals surface area contributed by atoms with E-state index in [1.54, 1.807) is 25.3 Å². The van der Waals surface area contributed by atoms with Crippen molar-refractivity contribution in [2.45, 2.75) is 25.9 Å². The summed E-state index contributed by atoms with van der Waals surface area (Å²) >= 11 is 0. The number of rotatable bonds is 7. The van der Waals surface area contributed by atoms with Gasteiger partial charge in [0.05, 0.1) is 19.4 Å². The van der Waals surface area contributed by atoms with Gasteiger partial charge in [-0.05, 0) is 24.6 Å². The van der Waals surface area contributed by atoms with E-state index in [1.165, 1.54) is 0 Å². The van der Waals surface area contributed by atoms with Gasteiger partial charge in [-0.15, -0.1) is 0 Å². The van der Waals surface area contributed by atoms with E-state index in [9.17, 15) is 9.59 Å². The first kappa shape index (κ1) is 16.6. The van der Waals surface area contributed by atoms with Gasteiger partial charge in [-0.25, -0.2) is 4.79 Å². The molecule has 2 amide bonds. The Bertz CT molecular complexity index is 611. The van der Waals surface area contributed by atoms with Crippen molar-refractivity contribution in [3.8, 4) is 0 Å². The Balaban J connectivity index is 1.99. The highest BCUT2D eigenvalue weighted by molar-refractivity contribution is 5.85. The molecule has 2 rings (SSSR count). The minimum absolute atomic E-state index is 0.248. The molecule has 1 heterocycles. The molecule has 0 spiro atoms. The van der Waals surface area contributed by atoms with Crippen LogP contribution in [0.5, 0.6) is 0 Å². The summed E-state index contributed by atoms with van der Waals surface area (Å²) in [5.74, 6) is 0.353. The summed E-state index contributed by atoms with van der Waals surface area (Å²) in [5, 5.41) is 5.34. The molecule has 0 saturated heterocycles. The van der Waals surface area contributed by atoms with Gasteiger partial charge < -0.3 is 19.8 Å². The van der Waals surface area contributed by atoms with Crippen molar-refractivity contribution in [1.82, 2.24) is 10.6 Å². The standard InChI is InChI=1S/C17H20N2O4/c1-2-22-17(21)19-15(11-13-7-4-3-5-8-13)16(20)18-12-14-9-6-10-23-14/h3-10,15H,2,11-12H2,1H3,(H,18,20)(H,19,21)/t15-/m0/s1. The van der Waals surface area contributed by atoms with Crippen molar-refractivity contribution in [3.63, 3.8) is 0 Å². The number of benzene rings is 1. The predicted octanol–water partition coefficient (Wildman–Crippen LogP) is 2.25. The minimum atomic E-state index is -0.716. The van der Waals surface area contributed by atoms with Gasteiger partial charge in [-0.1, -0.05) is 30.3 Å². The zero-order valence-corrected chi connectivity index (χ0v) is 13.0. The Morgan fingerprint density at radius 2 is 1.96 bits per heavy atom. The lowest BCUT2D eigenvalue weighted by atomic mass is 10.1. The molecule has 23 heavy (non-hydrogen) atoms. The van der Waals surface area contributed by atoms with E-state index in [1.807, 2.05) is 30.3 Å². The maximum absolute atomic E-state index is 12.4. The molecule has 0 unspecified atom stereocenters. The average molecular weight is 316 g/mol. The van der Waals surface area contributed by atoms with Gasteiger partial charge in [0.2, 0.25) is 5.91 Å². The molecule has 0 saturated carbocycles. The molecule has 122 valence electrons. The fourth-order valence-electron chi connectivity index (χ4n) is 2.08. The lowest BCUT2D eigenvalue weighted by Gasteiger charge is -2.18. The highest BCUT2D eigenvalue weighted by Gasteiger charge is 2.21. The fourth-order valence-corrected chi connectivity index (χ4v) is 2.08. The predicted molar refractivity (Wildman–Crippen MR) is 84.6 cm³/mol. The number of furan rings is 1. The molecule has 2 aromatic rings. The summed E-state index contributed by atoms with van der Waals surface area (Å²) in [4.78, 5) is 24.0. The second-order valence-electron chi connectivity index (χ2n) is 4.90. The zero-order valence-electron chi connectivity index (χ0n) is 13.0. The average Bonchev–Trinajstić information content (AvgIpc) is 3.06.